The van der Waals surface area contributed by atoms with Gasteiger partial charge in [0.05, 0.1) is 0 Å². The Morgan fingerprint density at radius 1 is 1.00 bits per heavy atom. The predicted octanol–water partition coefficient (Wildman–Crippen LogP) is 2.97. The minimum absolute atomic E-state index is 0.136. The van der Waals surface area contributed by atoms with E-state index >= 15 is 0 Å². The minimum Gasteiger partial charge on any atom is -0.396 e. The molecule has 2 N–H and O–H groups in total. The average Bonchev–Trinajstić information content (AvgIpc) is 2.33. The Morgan fingerprint density at radius 3 is 2.12 bits per heavy atom. The summed E-state index contributed by atoms with van der Waals surface area (Å²) in [6.45, 7) is 2.56. The molecule has 0 amide bonds. The molecule has 0 aromatic heterocycles. The van der Waals surface area contributed by atoms with Crippen LogP contribution in [0.1, 0.15) is 58.3 Å². The van der Waals surface area contributed by atoms with Crippen molar-refractivity contribution in [2.45, 2.75) is 58.3 Å². The topological polar surface area (TPSA) is 40.5 Å². The molecule has 0 radical (unpaired) electrons. The predicted molar refractivity (Wildman–Crippen MR) is 67.3 cm³/mol. The molecule has 16 heavy (non-hydrogen) atoms. The van der Waals surface area contributed by atoms with Crippen LogP contribution in [0.25, 0.3) is 0 Å². The number of hydrogen-bond acceptors (Lipinski definition) is 2. The van der Waals surface area contributed by atoms with E-state index in [-0.39, 0.29) is 19.1 Å². The lowest BCUT2D eigenvalue weighted by Crippen LogP contribution is -2.26. The number of aliphatic hydroxyl groups is 2. The van der Waals surface area contributed by atoms with E-state index < -0.39 is 0 Å². The number of unbranched alkanes of at least 4 members (excludes halogenated alkanes) is 2. The second kappa shape index (κ2) is 8.08. The lowest BCUT2D eigenvalue weighted by Gasteiger charge is -2.32. The Hall–Kier alpha value is -0.0800. The molecule has 0 spiro atoms. The normalized spacial score (nSPS) is 26.2. The van der Waals surface area contributed by atoms with Gasteiger partial charge in [0, 0.05) is 19.1 Å². The zero-order valence-corrected chi connectivity index (χ0v) is 10.7. The quantitative estimate of drug-likeness (QED) is 0.658. The first-order chi connectivity index (χ1) is 7.81. The molecule has 1 fully saturated rings. The van der Waals surface area contributed by atoms with Crippen molar-refractivity contribution in [3.8, 4) is 0 Å². The van der Waals surface area contributed by atoms with Crippen LogP contribution in [0.2, 0.25) is 0 Å². The summed E-state index contributed by atoms with van der Waals surface area (Å²) in [7, 11) is 0. The minimum atomic E-state index is 0.136. The fourth-order valence-corrected chi connectivity index (χ4v) is 2.99. The standard InChI is InChI=1S/C14H28O2/c1-2-3-4-5-12-6-8-13(9-7-12)14(10-15)11-16/h12-16H,2-11H2,1H3/t12-,13-. The fourth-order valence-electron chi connectivity index (χ4n) is 2.99. The molecule has 1 aliphatic carbocycles. The summed E-state index contributed by atoms with van der Waals surface area (Å²) >= 11 is 0. The van der Waals surface area contributed by atoms with Crippen LogP contribution in [0.3, 0.4) is 0 Å². The third-order valence-corrected chi connectivity index (χ3v) is 4.24. The van der Waals surface area contributed by atoms with Crippen LogP contribution >= 0.6 is 0 Å². The molecule has 2 nitrogen and oxygen atoms in total. The van der Waals surface area contributed by atoms with E-state index in [4.69, 9.17) is 10.2 Å². The van der Waals surface area contributed by atoms with Gasteiger partial charge in [-0.15, -0.1) is 0 Å². The Bertz CT molecular complexity index is 158. The SMILES string of the molecule is CCCCC[C@H]1CC[C@H](C(CO)CO)CC1. The number of rotatable bonds is 7. The van der Waals surface area contributed by atoms with Crippen molar-refractivity contribution in [3.05, 3.63) is 0 Å². The number of hydrogen-bond donors (Lipinski definition) is 2. The lowest BCUT2D eigenvalue weighted by molar-refractivity contribution is 0.0781. The molecule has 1 aliphatic rings. The molecular weight excluding hydrogens is 200 g/mol. The van der Waals surface area contributed by atoms with Gasteiger partial charge in [-0.3, -0.25) is 0 Å². The van der Waals surface area contributed by atoms with E-state index in [0.717, 1.165) is 5.92 Å². The Labute approximate surface area is 100 Å². The Balaban J connectivity index is 2.17. The van der Waals surface area contributed by atoms with Gasteiger partial charge in [0.25, 0.3) is 0 Å². The van der Waals surface area contributed by atoms with Crippen molar-refractivity contribution >= 4 is 0 Å². The fraction of sp³-hybridized carbons (Fsp3) is 1.00. The summed E-state index contributed by atoms with van der Waals surface area (Å²) in [5.41, 5.74) is 0. The second-order valence-electron chi connectivity index (χ2n) is 5.40. The first-order valence-electron chi connectivity index (χ1n) is 7.03. The molecule has 0 saturated heterocycles. The van der Waals surface area contributed by atoms with Gasteiger partial charge in [0.1, 0.15) is 0 Å². The van der Waals surface area contributed by atoms with Gasteiger partial charge in [-0.25, -0.2) is 0 Å². The van der Waals surface area contributed by atoms with Crippen molar-refractivity contribution in [1.82, 2.24) is 0 Å². The summed E-state index contributed by atoms with van der Waals surface area (Å²) in [4.78, 5) is 0. The molecule has 0 unspecified atom stereocenters. The molecular formula is C14H28O2. The van der Waals surface area contributed by atoms with Crippen LogP contribution in [0.4, 0.5) is 0 Å². The van der Waals surface area contributed by atoms with Crippen molar-refractivity contribution in [2.24, 2.45) is 17.8 Å². The molecule has 0 aliphatic heterocycles. The zero-order valence-electron chi connectivity index (χ0n) is 10.7. The summed E-state index contributed by atoms with van der Waals surface area (Å²) in [6.07, 6.45) is 10.5. The smallest absolute Gasteiger partial charge is 0.0483 e. The highest BCUT2D eigenvalue weighted by atomic mass is 16.3. The molecule has 2 heteroatoms. The number of aliphatic hydroxyl groups excluding tert-OH is 2. The van der Waals surface area contributed by atoms with Crippen LogP contribution in [-0.4, -0.2) is 23.4 Å². The molecule has 0 aromatic carbocycles. The van der Waals surface area contributed by atoms with Gasteiger partial charge in [-0.05, 0) is 24.7 Å². The van der Waals surface area contributed by atoms with E-state index in [2.05, 4.69) is 6.92 Å². The largest absolute Gasteiger partial charge is 0.396 e. The van der Waals surface area contributed by atoms with Gasteiger partial charge in [-0.2, -0.15) is 0 Å². The van der Waals surface area contributed by atoms with Gasteiger partial charge < -0.3 is 10.2 Å². The second-order valence-corrected chi connectivity index (χ2v) is 5.40. The molecule has 1 rings (SSSR count). The van der Waals surface area contributed by atoms with Crippen molar-refractivity contribution < 1.29 is 10.2 Å². The zero-order chi connectivity index (χ0) is 11.8. The molecule has 0 bridgehead atoms. The van der Waals surface area contributed by atoms with Gasteiger partial charge in [0.15, 0.2) is 0 Å². The third kappa shape index (κ3) is 4.42. The lowest BCUT2D eigenvalue weighted by atomic mass is 9.75. The van der Waals surface area contributed by atoms with E-state index in [1.165, 1.54) is 51.4 Å². The van der Waals surface area contributed by atoms with Crippen LogP contribution < -0.4 is 0 Å². The molecule has 0 heterocycles. The van der Waals surface area contributed by atoms with E-state index in [9.17, 15) is 0 Å². The van der Waals surface area contributed by atoms with Crippen LogP contribution in [-0.2, 0) is 0 Å². The monoisotopic (exact) mass is 228 g/mol. The maximum absolute atomic E-state index is 9.16. The molecule has 96 valence electrons. The Morgan fingerprint density at radius 2 is 1.62 bits per heavy atom. The molecule has 1 saturated carbocycles. The van der Waals surface area contributed by atoms with Crippen LogP contribution in [0.5, 0.6) is 0 Å². The first kappa shape index (κ1) is 14.0. The highest BCUT2D eigenvalue weighted by molar-refractivity contribution is 4.77. The summed E-state index contributed by atoms with van der Waals surface area (Å²) in [6, 6.07) is 0. The van der Waals surface area contributed by atoms with Gasteiger partial charge >= 0.3 is 0 Å². The van der Waals surface area contributed by atoms with Gasteiger partial charge in [0.2, 0.25) is 0 Å². The first-order valence-corrected chi connectivity index (χ1v) is 7.03. The average molecular weight is 228 g/mol. The van der Waals surface area contributed by atoms with Crippen LogP contribution in [0, 0.1) is 17.8 Å². The van der Waals surface area contributed by atoms with E-state index in [1.54, 1.807) is 0 Å². The maximum atomic E-state index is 9.16. The summed E-state index contributed by atoms with van der Waals surface area (Å²) < 4.78 is 0. The summed E-state index contributed by atoms with van der Waals surface area (Å²) in [5, 5.41) is 18.3. The van der Waals surface area contributed by atoms with Crippen molar-refractivity contribution in [1.29, 1.82) is 0 Å². The van der Waals surface area contributed by atoms with Crippen LogP contribution in [0.15, 0.2) is 0 Å². The van der Waals surface area contributed by atoms with E-state index in [1.807, 2.05) is 0 Å². The molecule has 0 aromatic rings. The van der Waals surface area contributed by atoms with E-state index in [0.29, 0.717) is 5.92 Å². The van der Waals surface area contributed by atoms with Gasteiger partial charge in [-0.1, -0.05) is 45.4 Å². The van der Waals surface area contributed by atoms with Crippen molar-refractivity contribution in [3.63, 3.8) is 0 Å². The van der Waals surface area contributed by atoms with Crippen molar-refractivity contribution in [2.75, 3.05) is 13.2 Å². The highest BCUT2D eigenvalue weighted by Gasteiger charge is 2.26. The highest BCUT2D eigenvalue weighted by Crippen LogP contribution is 2.35. The third-order valence-electron chi connectivity index (χ3n) is 4.24. The molecule has 0 atom stereocenters. The Kier molecular flexibility index (Phi) is 7.06. The maximum Gasteiger partial charge on any atom is 0.0483 e. The summed E-state index contributed by atoms with van der Waals surface area (Å²) in [5.74, 6) is 1.62.